The van der Waals surface area contributed by atoms with E-state index in [9.17, 15) is 14.9 Å². The molecule has 118 valence electrons. The number of nitro groups is 1. The van der Waals surface area contributed by atoms with Gasteiger partial charge in [0.05, 0.1) is 10.6 Å². The molecule has 6 heteroatoms. The largest absolute Gasteiger partial charge is 0.271 e. The molecule has 0 fully saturated rings. The van der Waals surface area contributed by atoms with Crippen LogP contribution in [-0.2, 0) is 0 Å². The first-order chi connectivity index (χ1) is 10.9. The number of nitrogens with one attached hydrogen (secondary N) is 1. The van der Waals surface area contributed by atoms with Gasteiger partial charge in [-0.2, -0.15) is 5.10 Å². The molecule has 0 atom stereocenters. The molecule has 23 heavy (non-hydrogen) atoms. The average Bonchev–Trinajstić information content (AvgIpc) is 2.52. The third-order valence-corrected chi connectivity index (χ3v) is 3.42. The maximum absolute atomic E-state index is 12.1. The van der Waals surface area contributed by atoms with Crippen molar-refractivity contribution in [2.75, 3.05) is 0 Å². The summed E-state index contributed by atoms with van der Waals surface area (Å²) < 4.78 is 0. The Hall–Kier alpha value is -3.02. The Balaban J connectivity index is 2.17. The summed E-state index contributed by atoms with van der Waals surface area (Å²) in [6, 6.07) is 11.5. The molecule has 0 saturated carbocycles. The van der Waals surface area contributed by atoms with Crippen LogP contribution in [0.25, 0.3) is 0 Å². The van der Waals surface area contributed by atoms with E-state index in [1.165, 1.54) is 24.3 Å². The monoisotopic (exact) mass is 311 g/mol. The van der Waals surface area contributed by atoms with Crippen LogP contribution in [-0.4, -0.2) is 16.5 Å². The van der Waals surface area contributed by atoms with Gasteiger partial charge in [0.15, 0.2) is 0 Å². The Morgan fingerprint density at radius 3 is 2.57 bits per heavy atom. The number of aryl methyl sites for hydroxylation is 2. The minimum atomic E-state index is -0.541. The Labute approximate surface area is 134 Å². The number of amides is 1. The highest BCUT2D eigenvalue weighted by molar-refractivity contribution is 6.01. The van der Waals surface area contributed by atoms with Gasteiger partial charge in [-0.15, -0.1) is 0 Å². The van der Waals surface area contributed by atoms with Crippen LogP contribution in [0.2, 0.25) is 0 Å². The molecule has 0 unspecified atom stereocenters. The van der Waals surface area contributed by atoms with Gasteiger partial charge < -0.3 is 0 Å². The topological polar surface area (TPSA) is 84.6 Å². The van der Waals surface area contributed by atoms with Gasteiger partial charge in [-0.3, -0.25) is 14.9 Å². The van der Waals surface area contributed by atoms with Crippen LogP contribution >= 0.6 is 0 Å². The fourth-order valence-electron chi connectivity index (χ4n) is 2.24. The minimum absolute atomic E-state index is 0.132. The molecule has 6 nitrogen and oxygen atoms in total. The van der Waals surface area contributed by atoms with E-state index in [1.807, 2.05) is 32.0 Å². The van der Waals surface area contributed by atoms with E-state index in [2.05, 4.69) is 10.5 Å². The molecule has 0 aromatic heterocycles. The van der Waals surface area contributed by atoms with E-state index in [4.69, 9.17) is 0 Å². The van der Waals surface area contributed by atoms with Crippen LogP contribution in [0.5, 0.6) is 0 Å². The molecule has 0 heterocycles. The summed E-state index contributed by atoms with van der Waals surface area (Å²) in [5, 5.41) is 14.8. The van der Waals surface area contributed by atoms with Gasteiger partial charge in [0, 0.05) is 23.3 Å². The van der Waals surface area contributed by atoms with Crippen molar-refractivity contribution in [2.24, 2.45) is 5.10 Å². The van der Waals surface area contributed by atoms with Crippen LogP contribution in [0.4, 0.5) is 5.69 Å². The van der Waals surface area contributed by atoms with Crippen LogP contribution in [0.1, 0.15) is 34.0 Å². The third kappa shape index (κ3) is 4.00. The highest BCUT2D eigenvalue weighted by Gasteiger charge is 2.11. The summed E-state index contributed by atoms with van der Waals surface area (Å²) in [6.07, 6.45) is 0. The number of rotatable bonds is 4. The number of benzene rings is 2. The molecule has 0 saturated heterocycles. The predicted molar refractivity (Wildman–Crippen MR) is 88.7 cm³/mol. The van der Waals surface area contributed by atoms with E-state index >= 15 is 0 Å². The fourth-order valence-corrected chi connectivity index (χ4v) is 2.24. The second-order valence-electron chi connectivity index (χ2n) is 5.26. The smallest absolute Gasteiger partial charge is 0.267 e. The number of carbonyl (C=O) groups is 1. The van der Waals surface area contributed by atoms with E-state index in [-0.39, 0.29) is 11.3 Å². The second-order valence-corrected chi connectivity index (χ2v) is 5.26. The summed E-state index contributed by atoms with van der Waals surface area (Å²) >= 11 is 0. The quantitative estimate of drug-likeness (QED) is 0.533. The normalized spacial score (nSPS) is 11.2. The SMILES string of the molecule is C/C(=N\NC(=O)c1cccc([N+](=O)[O-])c1)c1ccc(C)cc1C. The predicted octanol–water partition coefficient (Wildman–Crippen LogP) is 3.37. The van der Waals surface area contributed by atoms with Crippen molar-refractivity contribution in [3.8, 4) is 0 Å². The van der Waals surface area contributed by atoms with Crippen LogP contribution in [0.3, 0.4) is 0 Å². The molecule has 0 spiro atoms. The highest BCUT2D eigenvalue weighted by Crippen LogP contribution is 2.14. The van der Waals surface area contributed by atoms with Crippen molar-refractivity contribution >= 4 is 17.3 Å². The minimum Gasteiger partial charge on any atom is -0.267 e. The van der Waals surface area contributed by atoms with Crippen molar-refractivity contribution in [1.82, 2.24) is 5.43 Å². The number of nitro benzene ring substituents is 1. The Morgan fingerprint density at radius 2 is 1.91 bits per heavy atom. The summed E-state index contributed by atoms with van der Waals surface area (Å²) in [7, 11) is 0. The zero-order valence-electron chi connectivity index (χ0n) is 13.2. The molecule has 0 bridgehead atoms. The van der Waals surface area contributed by atoms with Gasteiger partial charge in [-0.25, -0.2) is 5.43 Å². The Bertz CT molecular complexity index is 797. The van der Waals surface area contributed by atoms with Gasteiger partial charge in [-0.1, -0.05) is 29.8 Å². The molecule has 1 N–H and O–H groups in total. The Morgan fingerprint density at radius 1 is 1.17 bits per heavy atom. The van der Waals surface area contributed by atoms with E-state index < -0.39 is 10.8 Å². The maximum atomic E-state index is 12.1. The molecule has 0 radical (unpaired) electrons. The first-order valence-corrected chi connectivity index (χ1v) is 7.05. The lowest BCUT2D eigenvalue weighted by atomic mass is 10.0. The van der Waals surface area contributed by atoms with Crippen molar-refractivity contribution in [1.29, 1.82) is 0 Å². The molecule has 1 amide bonds. The number of non-ortho nitro benzene ring substituents is 1. The first kappa shape index (κ1) is 16.4. The second kappa shape index (κ2) is 6.83. The van der Waals surface area contributed by atoms with Crippen LogP contribution < -0.4 is 5.43 Å². The van der Waals surface area contributed by atoms with Gasteiger partial charge in [0.1, 0.15) is 0 Å². The van der Waals surface area contributed by atoms with Gasteiger partial charge in [0.2, 0.25) is 0 Å². The number of carbonyl (C=O) groups excluding carboxylic acids is 1. The lowest BCUT2D eigenvalue weighted by molar-refractivity contribution is -0.384. The first-order valence-electron chi connectivity index (χ1n) is 7.05. The molecule has 2 aromatic rings. The zero-order valence-corrected chi connectivity index (χ0v) is 13.2. The fraction of sp³-hybridized carbons (Fsp3) is 0.176. The summed E-state index contributed by atoms with van der Waals surface area (Å²) in [6.45, 7) is 5.78. The van der Waals surface area contributed by atoms with Crippen molar-refractivity contribution in [2.45, 2.75) is 20.8 Å². The van der Waals surface area contributed by atoms with Gasteiger partial charge in [-0.05, 0) is 32.4 Å². The summed E-state index contributed by atoms with van der Waals surface area (Å²) in [5.41, 5.74) is 6.32. The van der Waals surface area contributed by atoms with Gasteiger partial charge in [0.25, 0.3) is 11.6 Å². The number of hydrogen-bond acceptors (Lipinski definition) is 4. The van der Waals surface area contributed by atoms with Crippen LogP contribution in [0, 0.1) is 24.0 Å². The Kier molecular flexibility index (Phi) is 4.85. The maximum Gasteiger partial charge on any atom is 0.271 e. The molecule has 0 aliphatic rings. The lowest BCUT2D eigenvalue weighted by Gasteiger charge is -2.07. The molecule has 0 aliphatic heterocycles. The number of hydrogen-bond donors (Lipinski definition) is 1. The van der Waals surface area contributed by atoms with Crippen LogP contribution in [0.15, 0.2) is 47.6 Å². The van der Waals surface area contributed by atoms with Crippen molar-refractivity contribution in [3.05, 3.63) is 74.8 Å². The van der Waals surface area contributed by atoms with E-state index in [0.29, 0.717) is 5.71 Å². The number of nitrogens with zero attached hydrogens (tertiary/aromatic N) is 2. The lowest BCUT2D eigenvalue weighted by Crippen LogP contribution is -2.19. The molecule has 2 rings (SSSR count). The molecule has 0 aliphatic carbocycles. The highest BCUT2D eigenvalue weighted by atomic mass is 16.6. The number of hydrazone groups is 1. The van der Waals surface area contributed by atoms with E-state index in [0.717, 1.165) is 16.7 Å². The third-order valence-electron chi connectivity index (χ3n) is 3.42. The molecular formula is C17H17N3O3. The average molecular weight is 311 g/mol. The zero-order chi connectivity index (χ0) is 17.0. The van der Waals surface area contributed by atoms with Crippen molar-refractivity contribution < 1.29 is 9.72 Å². The van der Waals surface area contributed by atoms with Gasteiger partial charge >= 0.3 is 0 Å². The standard InChI is InChI=1S/C17H17N3O3/c1-11-7-8-16(12(2)9-11)13(3)18-19-17(21)14-5-4-6-15(10-14)20(22)23/h4-10H,1-3H3,(H,19,21)/b18-13+. The summed E-state index contributed by atoms with van der Waals surface area (Å²) in [4.78, 5) is 22.3. The van der Waals surface area contributed by atoms with E-state index in [1.54, 1.807) is 6.92 Å². The van der Waals surface area contributed by atoms with Crippen molar-refractivity contribution in [3.63, 3.8) is 0 Å². The summed E-state index contributed by atoms with van der Waals surface area (Å²) in [5.74, 6) is -0.488. The molecular weight excluding hydrogens is 294 g/mol. The molecule has 2 aromatic carbocycles.